The molecule has 0 aliphatic rings. The van der Waals surface area contributed by atoms with E-state index in [1.807, 2.05) is 0 Å². The highest BCUT2D eigenvalue weighted by atomic mass is 32.1. The van der Waals surface area contributed by atoms with E-state index >= 15 is 0 Å². The number of hydrogen-bond acceptors (Lipinski definition) is 14. The van der Waals surface area contributed by atoms with E-state index in [0.29, 0.717) is 42.0 Å². The fraction of sp³-hybridized carbons (Fsp3) is 0.167. The van der Waals surface area contributed by atoms with E-state index in [9.17, 15) is 54.7 Å². The van der Waals surface area contributed by atoms with Crippen molar-refractivity contribution in [2.24, 2.45) is 0 Å². The van der Waals surface area contributed by atoms with Crippen molar-refractivity contribution in [2.45, 2.75) is 46.0 Å². The highest BCUT2D eigenvalue weighted by molar-refractivity contribution is 7.15. The number of carbonyl (C=O) groups is 1. The van der Waals surface area contributed by atoms with E-state index in [-0.39, 0.29) is 59.1 Å². The second-order valence-corrected chi connectivity index (χ2v) is 15.9. The highest BCUT2D eigenvalue weighted by Crippen LogP contribution is 2.36. The largest absolute Gasteiger partial charge is 0.617 e. The summed E-state index contributed by atoms with van der Waals surface area (Å²) in [5.41, 5.74) is -0.129. The average molecular weight is 977 g/mol. The van der Waals surface area contributed by atoms with Crippen molar-refractivity contribution in [2.75, 3.05) is 0 Å². The first-order valence-electron chi connectivity index (χ1n) is 18.9. The maximum Gasteiger partial charge on any atom is 0.439 e. The molecule has 0 saturated carbocycles. The van der Waals surface area contributed by atoms with Gasteiger partial charge >= 0.3 is 29.8 Å². The monoisotopic (exact) mass is 976 g/mol. The summed E-state index contributed by atoms with van der Waals surface area (Å²) < 4.78 is 131. The Morgan fingerprint density at radius 2 is 1.18 bits per heavy atom. The number of nitrogens with zero attached hydrogens (tertiary/aromatic N) is 4. The number of ether oxygens (including phenoxy) is 3. The van der Waals surface area contributed by atoms with Gasteiger partial charge in [0.05, 0.1) is 38.4 Å². The molecule has 0 aliphatic carbocycles. The SMILES string of the molecule is CC(=O)OCc1nc(-c2ccc(C(F)(F)F)cc2)sc1COc1ccc(-c2noc(=O)[nH]2)c(F)c1.Cc1c(COc2ccc(-c3noc(=O)[nH]3)c(F)c2)sc(-c2ccc(C(F)(F)F)cc2)[n+]1[O-]. The molecule has 0 spiro atoms. The zero-order chi connectivity index (χ0) is 48.2. The van der Waals surface area contributed by atoms with Crippen LogP contribution in [0.1, 0.15) is 39.2 Å². The minimum absolute atomic E-state index is 0.00104. The number of nitrogens with one attached hydrogen (secondary N) is 2. The Bertz CT molecular complexity index is 3160. The molecule has 4 heterocycles. The zero-order valence-corrected chi connectivity index (χ0v) is 35.6. The van der Waals surface area contributed by atoms with Gasteiger partial charge in [0, 0.05) is 31.5 Å². The Labute approximate surface area is 377 Å². The molecule has 0 saturated heterocycles. The lowest BCUT2D eigenvalue weighted by molar-refractivity contribution is -0.596. The lowest BCUT2D eigenvalue weighted by Crippen LogP contribution is -2.29. The first-order chi connectivity index (χ1) is 31.7. The van der Waals surface area contributed by atoms with E-state index in [1.54, 1.807) is 6.92 Å². The van der Waals surface area contributed by atoms with Crippen molar-refractivity contribution in [3.63, 3.8) is 0 Å². The molecule has 15 nitrogen and oxygen atoms in total. The topological polar surface area (TPSA) is 202 Å². The Morgan fingerprint density at radius 1 is 0.701 bits per heavy atom. The molecule has 0 atom stereocenters. The van der Waals surface area contributed by atoms with Crippen LogP contribution < -0.4 is 25.7 Å². The van der Waals surface area contributed by atoms with Gasteiger partial charge in [-0.1, -0.05) is 33.8 Å². The van der Waals surface area contributed by atoms with Crippen LogP contribution in [0.4, 0.5) is 35.1 Å². The molecule has 0 amide bonds. The molecule has 2 N–H and O–H groups in total. The molecular formula is C42H28F8N6O9S2. The van der Waals surface area contributed by atoms with Gasteiger partial charge in [-0.05, 0) is 60.7 Å². The number of hydrogen-bond donors (Lipinski definition) is 2. The van der Waals surface area contributed by atoms with Crippen molar-refractivity contribution in [1.82, 2.24) is 25.3 Å². The van der Waals surface area contributed by atoms with Crippen LogP contribution in [0.25, 0.3) is 43.9 Å². The minimum atomic E-state index is -4.47. The molecule has 8 aromatic rings. The standard InChI is InChI=1S/C22H15F4N3O5S.C20H13F4N3O4S/c1-11(30)32-9-17-18(35-20(27-17)12-2-4-13(5-3-12)22(24,25)26)10-33-14-6-7-15(16(23)8-14)19-28-21(31)34-29-19;1-10-16(32-18(27(10)29)11-2-4-12(5-3-11)20(22,23)24)9-30-13-6-7-14(15(21)8-13)17-25-19(28)31-26-17/h2-8H,9-10H2,1H3,(H,28,29,31);2-8H,9H2,1H3,(H,25,26,28). The number of benzene rings is 4. The highest BCUT2D eigenvalue weighted by Gasteiger charge is 2.32. The second-order valence-electron chi connectivity index (χ2n) is 13.8. The molecule has 0 fully saturated rings. The first-order valence-corrected chi connectivity index (χ1v) is 20.5. The Morgan fingerprint density at radius 3 is 1.61 bits per heavy atom. The number of esters is 1. The van der Waals surface area contributed by atoms with Crippen LogP contribution in [0.3, 0.4) is 0 Å². The molecular weight excluding hydrogens is 949 g/mol. The molecule has 0 radical (unpaired) electrons. The Balaban J connectivity index is 0.000000200. The van der Waals surface area contributed by atoms with Gasteiger partial charge in [-0.3, -0.25) is 23.8 Å². The van der Waals surface area contributed by atoms with Gasteiger partial charge < -0.3 is 19.4 Å². The van der Waals surface area contributed by atoms with Gasteiger partial charge in [0.2, 0.25) is 5.69 Å². The van der Waals surface area contributed by atoms with E-state index in [4.69, 9.17) is 14.2 Å². The van der Waals surface area contributed by atoms with Crippen molar-refractivity contribution in [3.8, 4) is 55.4 Å². The lowest BCUT2D eigenvalue weighted by atomic mass is 10.1. The number of aromatic nitrogens is 6. The van der Waals surface area contributed by atoms with Crippen molar-refractivity contribution < 1.29 is 67.9 Å². The summed E-state index contributed by atoms with van der Waals surface area (Å²) in [6, 6.07) is 16.6. The first kappa shape index (κ1) is 47.3. The fourth-order valence-electron chi connectivity index (χ4n) is 5.86. The van der Waals surface area contributed by atoms with Gasteiger partial charge in [0.1, 0.15) is 52.8 Å². The van der Waals surface area contributed by atoms with Gasteiger partial charge in [-0.25, -0.2) is 23.4 Å². The molecule has 67 heavy (non-hydrogen) atoms. The van der Waals surface area contributed by atoms with E-state index in [1.165, 1.54) is 55.5 Å². The van der Waals surface area contributed by atoms with Gasteiger partial charge in [-0.2, -0.15) is 31.1 Å². The minimum Gasteiger partial charge on any atom is -0.617 e. The summed E-state index contributed by atoms with van der Waals surface area (Å²) in [4.78, 5) is 43.3. The maximum absolute atomic E-state index is 14.5. The summed E-state index contributed by atoms with van der Waals surface area (Å²) in [6.07, 6.45) is -8.93. The van der Waals surface area contributed by atoms with Crippen LogP contribution in [0.15, 0.2) is 104 Å². The van der Waals surface area contributed by atoms with Gasteiger partial charge in [0.15, 0.2) is 11.6 Å². The van der Waals surface area contributed by atoms with Crippen molar-refractivity contribution >= 4 is 28.6 Å². The van der Waals surface area contributed by atoms with Crippen LogP contribution in [0.5, 0.6) is 11.5 Å². The number of aromatic amines is 2. The zero-order valence-electron chi connectivity index (χ0n) is 34.0. The normalized spacial score (nSPS) is 11.6. The smallest absolute Gasteiger partial charge is 0.439 e. The van der Waals surface area contributed by atoms with Gasteiger partial charge in [0.25, 0.3) is 5.01 Å². The Hall–Kier alpha value is -7.67. The summed E-state index contributed by atoms with van der Waals surface area (Å²) in [5.74, 6) is -3.44. The van der Waals surface area contributed by atoms with Crippen LogP contribution in [0, 0.1) is 23.8 Å². The summed E-state index contributed by atoms with van der Waals surface area (Å²) in [7, 11) is 0. The predicted molar refractivity (Wildman–Crippen MR) is 220 cm³/mol. The lowest BCUT2D eigenvalue weighted by Gasteiger charge is -2.08. The number of carbonyl (C=O) groups excluding carboxylic acids is 1. The molecule has 4 aromatic heterocycles. The predicted octanol–water partition coefficient (Wildman–Crippen LogP) is 9.39. The third-order valence-electron chi connectivity index (χ3n) is 9.23. The summed E-state index contributed by atoms with van der Waals surface area (Å²) in [5, 5.41) is 20.0. The molecule has 0 unspecified atom stereocenters. The fourth-order valence-corrected chi connectivity index (χ4v) is 7.90. The maximum atomic E-state index is 14.5. The van der Waals surface area contributed by atoms with Crippen LogP contribution in [-0.4, -0.2) is 31.2 Å². The second kappa shape index (κ2) is 19.4. The average Bonchev–Trinajstić information content (AvgIpc) is 4.08. The van der Waals surface area contributed by atoms with Crippen LogP contribution >= 0.6 is 22.7 Å². The number of halogens is 8. The Kier molecular flexibility index (Phi) is 13.7. The summed E-state index contributed by atoms with van der Waals surface area (Å²) >= 11 is 2.21. The number of H-pyrrole nitrogens is 2. The number of thiazole rings is 2. The molecule has 0 bridgehead atoms. The third kappa shape index (κ3) is 11.4. The van der Waals surface area contributed by atoms with E-state index in [0.717, 1.165) is 59.1 Å². The quantitative estimate of drug-likeness (QED) is 0.0509. The number of alkyl halides is 6. The van der Waals surface area contributed by atoms with Crippen LogP contribution in [-0.2, 0) is 41.7 Å². The molecule has 0 aliphatic heterocycles. The number of rotatable bonds is 12. The van der Waals surface area contributed by atoms with Crippen LogP contribution in [0.2, 0.25) is 0 Å². The molecule has 4 aromatic carbocycles. The van der Waals surface area contributed by atoms with Crippen molar-refractivity contribution in [1.29, 1.82) is 0 Å². The van der Waals surface area contributed by atoms with E-state index < -0.39 is 52.6 Å². The molecule has 8 rings (SSSR count). The molecule has 348 valence electrons. The van der Waals surface area contributed by atoms with Crippen molar-refractivity contribution in [3.05, 3.63) is 155 Å². The third-order valence-corrected chi connectivity index (χ3v) is 11.6. The van der Waals surface area contributed by atoms with Gasteiger partial charge in [-0.15, -0.1) is 11.3 Å². The summed E-state index contributed by atoms with van der Waals surface area (Å²) in [6.45, 7) is 2.48. The van der Waals surface area contributed by atoms with E-state index in [2.05, 4.69) is 34.3 Å². The molecule has 25 heteroatoms.